The Balaban J connectivity index is 2.14. The van der Waals surface area contributed by atoms with E-state index in [1.165, 1.54) is 5.56 Å². The van der Waals surface area contributed by atoms with Gasteiger partial charge in [-0.25, -0.2) is 12.6 Å². The van der Waals surface area contributed by atoms with Gasteiger partial charge in [-0.05, 0) is 64.2 Å². The SMILES string of the molecule is CC(C)(C)S(=O)(=O)CCCCCCCc1ccc(NCCCS(=O)O)cc1. The van der Waals surface area contributed by atoms with Crippen molar-refractivity contribution >= 4 is 26.6 Å². The highest BCUT2D eigenvalue weighted by Crippen LogP contribution is 2.18. The van der Waals surface area contributed by atoms with Crippen LogP contribution in [0.1, 0.15) is 64.9 Å². The molecule has 156 valence electrons. The molecule has 2 N–H and O–H groups in total. The second kappa shape index (κ2) is 11.8. The van der Waals surface area contributed by atoms with Crippen molar-refractivity contribution in [2.24, 2.45) is 0 Å². The van der Waals surface area contributed by atoms with E-state index in [4.69, 9.17) is 4.55 Å². The lowest BCUT2D eigenvalue weighted by atomic mass is 10.1. The van der Waals surface area contributed by atoms with E-state index in [2.05, 4.69) is 17.4 Å². The number of hydrogen-bond donors (Lipinski definition) is 2. The molecule has 0 bridgehead atoms. The largest absolute Gasteiger partial charge is 0.385 e. The Morgan fingerprint density at radius 2 is 1.56 bits per heavy atom. The lowest BCUT2D eigenvalue weighted by Crippen LogP contribution is -2.30. The van der Waals surface area contributed by atoms with Gasteiger partial charge in [-0.3, -0.25) is 0 Å². The fourth-order valence-electron chi connectivity index (χ4n) is 2.68. The molecular formula is C20H35NO4S2. The Labute approximate surface area is 167 Å². The van der Waals surface area contributed by atoms with Crippen molar-refractivity contribution in [3.05, 3.63) is 29.8 Å². The Kier molecular flexibility index (Phi) is 10.6. The first kappa shape index (κ1) is 24.1. The van der Waals surface area contributed by atoms with Gasteiger partial charge in [-0.2, -0.15) is 0 Å². The van der Waals surface area contributed by atoms with E-state index < -0.39 is 25.7 Å². The average Bonchev–Trinajstić information content (AvgIpc) is 2.58. The molecule has 1 aromatic rings. The minimum Gasteiger partial charge on any atom is -0.385 e. The molecule has 0 saturated carbocycles. The van der Waals surface area contributed by atoms with Crippen molar-refractivity contribution in [2.75, 3.05) is 23.4 Å². The summed E-state index contributed by atoms with van der Waals surface area (Å²) in [7, 11) is -2.98. The van der Waals surface area contributed by atoms with Crippen LogP contribution in [-0.2, 0) is 27.3 Å². The normalized spacial score (nSPS) is 13.5. The zero-order chi connectivity index (χ0) is 20.3. The molecule has 27 heavy (non-hydrogen) atoms. The predicted octanol–water partition coefficient (Wildman–Crippen LogP) is 4.42. The minimum atomic E-state index is -2.98. The summed E-state index contributed by atoms with van der Waals surface area (Å²) < 4.78 is 42.7. The van der Waals surface area contributed by atoms with Crippen LogP contribution in [0, 0.1) is 0 Å². The number of anilines is 1. The zero-order valence-electron chi connectivity index (χ0n) is 16.9. The summed E-state index contributed by atoms with van der Waals surface area (Å²) in [6, 6.07) is 8.32. The quantitative estimate of drug-likeness (QED) is 0.367. The number of benzene rings is 1. The Morgan fingerprint density at radius 3 is 2.15 bits per heavy atom. The van der Waals surface area contributed by atoms with Crippen LogP contribution in [0.15, 0.2) is 24.3 Å². The third kappa shape index (κ3) is 10.3. The van der Waals surface area contributed by atoms with Crippen LogP contribution in [0.4, 0.5) is 5.69 Å². The second-order valence-electron chi connectivity index (χ2n) is 7.95. The summed E-state index contributed by atoms with van der Waals surface area (Å²) in [6.07, 6.45) is 6.73. The van der Waals surface area contributed by atoms with Gasteiger partial charge in [-0.15, -0.1) is 0 Å². The summed E-state index contributed by atoms with van der Waals surface area (Å²) in [5, 5.41) is 3.25. The Bertz CT molecular complexity index is 664. The second-order valence-corrected chi connectivity index (χ2v) is 11.9. The van der Waals surface area contributed by atoms with Crippen molar-refractivity contribution < 1.29 is 17.2 Å². The maximum Gasteiger partial charge on any atom is 0.155 e. The van der Waals surface area contributed by atoms with Crippen LogP contribution in [0.5, 0.6) is 0 Å². The van der Waals surface area contributed by atoms with Gasteiger partial charge < -0.3 is 9.87 Å². The number of nitrogens with one attached hydrogen (secondary N) is 1. The average molecular weight is 418 g/mol. The molecule has 1 atom stereocenters. The highest BCUT2D eigenvalue weighted by Gasteiger charge is 2.27. The molecule has 0 fully saturated rings. The first-order valence-electron chi connectivity index (χ1n) is 9.74. The van der Waals surface area contributed by atoms with Crippen LogP contribution >= 0.6 is 0 Å². The van der Waals surface area contributed by atoms with Gasteiger partial charge in [0.15, 0.2) is 20.9 Å². The van der Waals surface area contributed by atoms with Crippen molar-refractivity contribution in [1.82, 2.24) is 0 Å². The monoisotopic (exact) mass is 417 g/mol. The zero-order valence-corrected chi connectivity index (χ0v) is 18.5. The standard InChI is InChI=1S/C20H35NO4S2/c1-20(2,3)27(24,25)17-8-6-4-5-7-10-18-11-13-19(14-12-18)21-15-9-16-26(22)23/h11-14,21H,4-10,15-17H2,1-3H3,(H,22,23). The van der Waals surface area contributed by atoms with Gasteiger partial charge in [-0.1, -0.05) is 31.4 Å². The molecule has 0 amide bonds. The van der Waals surface area contributed by atoms with E-state index >= 15 is 0 Å². The maximum absolute atomic E-state index is 12.0. The fraction of sp³-hybridized carbons (Fsp3) is 0.700. The third-order valence-corrected chi connectivity index (χ3v) is 7.92. The van der Waals surface area contributed by atoms with Gasteiger partial charge in [0.05, 0.1) is 16.3 Å². The number of unbranched alkanes of at least 4 members (excludes halogenated alkanes) is 4. The first-order valence-corrected chi connectivity index (χ1v) is 12.7. The topological polar surface area (TPSA) is 83.5 Å². The summed E-state index contributed by atoms with van der Waals surface area (Å²) >= 11 is -1.71. The van der Waals surface area contributed by atoms with E-state index in [9.17, 15) is 12.6 Å². The van der Waals surface area contributed by atoms with Gasteiger partial charge >= 0.3 is 0 Å². The number of rotatable bonds is 13. The molecule has 1 unspecified atom stereocenters. The molecule has 5 nitrogen and oxygen atoms in total. The van der Waals surface area contributed by atoms with E-state index in [1.54, 1.807) is 20.8 Å². The van der Waals surface area contributed by atoms with E-state index in [-0.39, 0.29) is 0 Å². The molecule has 7 heteroatoms. The van der Waals surface area contributed by atoms with Gasteiger partial charge in [0.25, 0.3) is 0 Å². The van der Waals surface area contributed by atoms with Crippen molar-refractivity contribution in [2.45, 2.75) is 70.5 Å². The Morgan fingerprint density at radius 1 is 0.963 bits per heavy atom. The summed E-state index contributed by atoms with van der Waals surface area (Å²) in [5.41, 5.74) is 2.33. The first-order chi connectivity index (χ1) is 12.6. The van der Waals surface area contributed by atoms with Crippen LogP contribution in [0.25, 0.3) is 0 Å². The van der Waals surface area contributed by atoms with E-state index in [0.29, 0.717) is 24.5 Å². The van der Waals surface area contributed by atoms with Crippen molar-refractivity contribution in [3.63, 3.8) is 0 Å². The summed E-state index contributed by atoms with van der Waals surface area (Å²) in [5.74, 6) is 0.590. The third-order valence-electron chi connectivity index (χ3n) is 4.59. The number of aryl methyl sites for hydroxylation is 1. The molecule has 0 spiro atoms. The van der Waals surface area contributed by atoms with Crippen LogP contribution in [-0.4, -0.2) is 40.0 Å². The van der Waals surface area contributed by atoms with Gasteiger partial charge in [0.1, 0.15) is 0 Å². The molecule has 0 aromatic heterocycles. The molecule has 1 aromatic carbocycles. The van der Waals surface area contributed by atoms with Crippen LogP contribution in [0.3, 0.4) is 0 Å². The molecule has 0 aliphatic carbocycles. The van der Waals surface area contributed by atoms with Gasteiger partial charge in [0, 0.05) is 12.2 Å². The smallest absolute Gasteiger partial charge is 0.155 e. The van der Waals surface area contributed by atoms with Crippen molar-refractivity contribution in [1.29, 1.82) is 0 Å². The molecule has 0 heterocycles. The molecule has 1 rings (SSSR count). The van der Waals surface area contributed by atoms with E-state index in [0.717, 1.165) is 44.2 Å². The lowest BCUT2D eigenvalue weighted by molar-refractivity contribution is 0.552. The van der Waals surface area contributed by atoms with Crippen molar-refractivity contribution in [3.8, 4) is 0 Å². The van der Waals surface area contributed by atoms with Gasteiger partial charge in [0.2, 0.25) is 0 Å². The summed E-state index contributed by atoms with van der Waals surface area (Å²) in [6.45, 7) is 5.98. The van der Waals surface area contributed by atoms with Crippen LogP contribution in [0.2, 0.25) is 0 Å². The number of hydrogen-bond acceptors (Lipinski definition) is 4. The minimum absolute atomic E-state index is 0.291. The number of sulfone groups is 1. The Hall–Kier alpha value is -0.920. The van der Waals surface area contributed by atoms with E-state index in [1.807, 2.05) is 12.1 Å². The molecule has 0 aliphatic rings. The predicted molar refractivity (Wildman–Crippen MR) is 116 cm³/mol. The maximum atomic E-state index is 12.0. The highest BCUT2D eigenvalue weighted by atomic mass is 32.2. The summed E-state index contributed by atoms with van der Waals surface area (Å²) in [4.78, 5) is 0. The van der Waals surface area contributed by atoms with Crippen LogP contribution < -0.4 is 5.32 Å². The molecule has 0 saturated heterocycles. The highest BCUT2D eigenvalue weighted by molar-refractivity contribution is 7.92. The fourth-order valence-corrected chi connectivity index (χ4v) is 4.26. The molecular weight excluding hydrogens is 382 g/mol. The molecule has 0 aliphatic heterocycles. The lowest BCUT2D eigenvalue weighted by Gasteiger charge is -2.18. The molecule has 0 radical (unpaired) electrons.